The molecule has 0 aliphatic carbocycles. The molecule has 0 atom stereocenters. The maximum absolute atomic E-state index is 8.81. The molecule has 2 aromatic carbocycles. The number of nitrogens with two attached hydrogens (primary N) is 1. The summed E-state index contributed by atoms with van der Waals surface area (Å²) in [7, 11) is 1.98. The molecule has 0 aliphatic rings. The minimum atomic E-state index is 0.657. The van der Waals surface area contributed by atoms with Crippen molar-refractivity contribution in [2.75, 3.05) is 17.7 Å². The highest BCUT2D eigenvalue weighted by Crippen LogP contribution is 2.34. The zero-order valence-electron chi connectivity index (χ0n) is 10.8. The lowest BCUT2D eigenvalue weighted by molar-refractivity contribution is 1.19. The maximum Gasteiger partial charge on any atom is 0.0991 e. The van der Waals surface area contributed by atoms with Crippen molar-refractivity contribution in [2.24, 2.45) is 0 Å². The molecule has 0 saturated heterocycles. The summed E-state index contributed by atoms with van der Waals surface area (Å²) in [5.74, 6) is 0. The van der Waals surface area contributed by atoms with E-state index in [1.807, 2.05) is 50.4 Å². The fraction of sp³-hybridized carbons (Fsp3) is 0.133. The number of nitrogens with zero attached hydrogens (tertiary/aromatic N) is 2. The molecule has 0 unspecified atom stereocenters. The van der Waals surface area contributed by atoms with Gasteiger partial charge in [0.15, 0.2) is 0 Å². The Bertz CT molecular complexity index is 642. The van der Waals surface area contributed by atoms with Crippen LogP contribution in [0.2, 0.25) is 0 Å². The first kappa shape index (κ1) is 13.4. The van der Waals surface area contributed by atoms with Crippen molar-refractivity contribution < 1.29 is 0 Å². The summed E-state index contributed by atoms with van der Waals surface area (Å²) in [5.41, 5.74) is 10.4. The van der Waals surface area contributed by atoms with Crippen LogP contribution in [-0.4, -0.2) is 7.05 Å². The minimum absolute atomic E-state index is 0.657. The second kappa shape index (κ2) is 5.33. The summed E-state index contributed by atoms with van der Waals surface area (Å²) in [6.07, 6.45) is 0. The molecular formula is C15H14BrN3. The summed E-state index contributed by atoms with van der Waals surface area (Å²) < 4.78 is 0.947. The van der Waals surface area contributed by atoms with Crippen LogP contribution in [0.4, 0.5) is 17.1 Å². The van der Waals surface area contributed by atoms with E-state index in [-0.39, 0.29) is 0 Å². The van der Waals surface area contributed by atoms with E-state index in [9.17, 15) is 0 Å². The van der Waals surface area contributed by atoms with Gasteiger partial charge in [-0.15, -0.1) is 0 Å². The third-order valence-electron chi connectivity index (χ3n) is 3.08. The molecule has 0 spiro atoms. The third-order valence-corrected chi connectivity index (χ3v) is 3.72. The van der Waals surface area contributed by atoms with E-state index in [4.69, 9.17) is 11.0 Å². The van der Waals surface area contributed by atoms with Gasteiger partial charge in [0, 0.05) is 22.9 Å². The summed E-state index contributed by atoms with van der Waals surface area (Å²) in [5, 5.41) is 8.81. The van der Waals surface area contributed by atoms with Crippen molar-refractivity contribution in [1.82, 2.24) is 0 Å². The van der Waals surface area contributed by atoms with E-state index in [1.54, 1.807) is 0 Å². The molecule has 0 aromatic heterocycles. The monoisotopic (exact) mass is 315 g/mol. The van der Waals surface area contributed by atoms with E-state index >= 15 is 0 Å². The lowest BCUT2D eigenvalue weighted by Gasteiger charge is -2.22. The van der Waals surface area contributed by atoms with Crippen LogP contribution < -0.4 is 10.6 Å². The predicted octanol–water partition coefficient (Wildman–Crippen LogP) is 3.98. The van der Waals surface area contributed by atoms with Gasteiger partial charge in [-0.25, -0.2) is 0 Å². The number of nitrogen functional groups attached to an aromatic ring is 1. The molecule has 4 heteroatoms. The molecule has 2 rings (SSSR count). The molecule has 19 heavy (non-hydrogen) atoms. The van der Waals surface area contributed by atoms with Crippen molar-refractivity contribution in [3.05, 3.63) is 52.0 Å². The summed E-state index contributed by atoms with van der Waals surface area (Å²) in [4.78, 5) is 2.05. The molecule has 0 bridgehead atoms. The Morgan fingerprint density at radius 3 is 2.42 bits per heavy atom. The van der Waals surface area contributed by atoms with Gasteiger partial charge in [-0.1, -0.05) is 0 Å². The van der Waals surface area contributed by atoms with E-state index in [2.05, 4.69) is 26.9 Å². The zero-order chi connectivity index (χ0) is 14.0. The van der Waals surface area contributed by atoms with Crippen molar-refractivity contribution in [3.63, 3.8) is 0 Å². The van der Waals surface area contributed by atoms with E-state index in [0.717, 1.165) is 27.1 Å². The number of hydrogen-bond donors (Lipinski definition) is 1. The first-order valence-electron chi connectivity index (χ1n) is 5.82. The second-order valence-electron chi connectivity index (χ2n) is 4.38. The molecule has 96 valence electrons. The van der Waals surface area contributed by atoms with Gasteiger partial charge in [0.25, 0.3) is 0 Å². The number of rotatable bonds is 2. The highest BCUT2D eigenvalue weighted by atomic mass is 79.9. The largest absolute Gasteiger partial charge is 0.398 e. The number of aryl methyl sites for hydroxylation is 1. The molecule has 2 N–H and O–H groups in total. The lowest BCUT2D eigenvalue weighted by Crippen LogP contribution is -2.10. The van der Waals surface area contributed by atoms with Gasteiger partial charge in [-0.05, 0) is 64.8 Å². The van der Waals surface area contributed by atoms with Crippen molar-refractivity contribution >= 4 is 33.0 Å². The SMILES string of the molecule is Cc1cc(N(C)c2ccc(C#N)cc2)c(Br)cc1N. The van der Waals surface area contributed by atoms with E-state index in [0.29, 0.717) is 5.56 Å². The van der Waals surface area contributed by atoms with Gasteiger partial charge in [-0.2, -0.15) is 5.26 Å². The zero-order valence-corrected chi connectivity index (χ0v) is 12.4. The average molecular weight is 316 g/mol. The fourth-order valence-corrected chi connectivity index (χ4v) is 2.46. The summed E-state index contributed by atoms with van der Waals surface area (Å²) in [6, 6.07) is 13.5. The van der Waals surface area contributed by atoms with Crippen LogP contribution in [0.1, 0.15) is 11.1 Å². The molecule has 0 saturated carbocycles. The quantitative estimate of drug-likeness (QED) is 0.853. The number of hydrogen-bond acceptors (Lipinski definition) is 3. The van der Waals surface area contributed by atoms with Crippen LogP contribution in [0, 0.1) is 18.3 Å². The number of anilines is 3. The topological polar surface area (TPSA) is 53.0 Å². The maximum atomic E-state index is 8.81. The van der Waals surface area contributed by atoms with Crippen LogP contribution in [0.3, 0.4) is 0 Å². The van der Waals surface area contributed by atoms with E-state index < -0.39 is 0 Å². The Labute approximate surface area is 121 Å². The van der Waals surface area contributed by atoms with Crippen LogP contribution >= 0.6 is 15.9 Å². The van der Waals surface area contributed by atoms with Gasteiger partial charge < -0.3 is 10.6 Å². The Morgan fingerprint density at radius 1 is 1.21 bits per heavy atom. The first-order valence-corrected chi connectivity index (χ1v) is 6.61. The van der Waals surface area contributed by atoms with Crippen LogP contribution in [0.5, 0.6) is 0 Å². The fourth-order valence-electron chi connectivity index (χ4n) is 1.84. The van der Waals surface area contributed by atoms with Crippen LogP contribution in [-0.2, 0) is 0 Å². The molecule has 3 nitrogen and oxygen atoms in total. The summed E-state index contributed by atoms with van der Waals surface area (Å²) in [6.45, 7) is 1.98. The van der Waals surface area contributed by atoms with Gasteiger partial charge in [0.2, 0.25) is 0 Å². The Hall–Kier alpha value is -1.99. The first-order chi connectivity index (χ1) is 9.02. The number of halogens is 1. The predicted molar refractivity (Wildman–Crippen MR) is 82.5 cm³/mol. The molecule has 0 amide bonds. The Balaban J connectivity index is 2.41. The lowest BCUT2D eigenvalue weighted by atomic mass is 10.1. The van der Waals surface area contributed by atoms with Crippen molar-refractivity contribution in [3.8, 4) is 6.07 Å². The Morgan fingerprint density at radius 2 is 1.84 bits per heavy atom. The highest BCUT2D eigenvalue weighted by Gasteiger charge is 2.10. The minimum Gasteiger partial charge on any atom is -0.398 e. The third kappa shape index (κ3) is 2.72. The Kier molecular flexibility index (Phi) is 3.77. The number of benzene rings is 2. The van der Waals surface area contributed by atoms with Crippen molar-refractivity contribution in [2.45, 2.75) is 6.92 Å². The van der Waals surface area contributed by atoms with Gasteiger partial charge in [-0.3, -0.25) is 0 Å². The molecule has 0 fully saturated rings. The molecular weight excluding hydrogens is 302 g/mol. The van der Waals surface area contributed by atoms with Gasteiger partial charge >= 0.3 is 0 Å². The van der Waals surface area contributed by atoms with Gasteiger partial charge in [0.05, 0.1) is 17.3 Å². The van der Waals surface area contributed by atoms with Crippen LogP contribution in [0.15, 0.2) is 40.9 Å². The molecule has 0 aliphatic heterocycles. The normalized spacial score (nSPS) is 10.0. The molecule has 0 heterocycles. The van der Waals surface area contributed by atoms with E-state index in [1.165, 1.54) is 0 Å². The second-order valence-corrected chi connectivity index (χ2v) is 5.23. The van der Waals surface area contributed by atoms with Crippen molar-refractivity contribution in [1.29, 1.82) is 5.26 Å². The number of nitriles is 1. The van der Waals surface area contributed by atoms with Crippen LogP contribution in [0.25, 0.3) is 0 Å². The molecule has 2 aromatic rings. The highest BCUT2D eigenvalue weighted by molar-refractivity contribution is 9.10. The molecule has 0 radical (unpaired) electrons. The average Bonchev–Trinajstić information content (AvgIpc) is 2.42. The standard InChI is InChI=1S/C15H14BrN3/c1-10-7-15(13(16)8-14(10)18)19(2)12-5-3-11(9-17)4-6-12/h3-8H,18H2,1-2H3. The summed E-state index contributed by atoms with van der Waals surface area (Å²) >= 11 is 3.53. The smallest absolute Gasteiger partial charge is 0.0991 e. The van der Waals surface area contributed by atoms with Gasteiger partial charge in [0.1, 0.15) is 0 Å².